The molecule has 2 heterocycles. The van der Waals surface area contributed by atoms with Crippen molar-refractivity contribution in [1.29, 1.82) is 0 Å². The number of imide groups is 1. The van der Waals surface area contributed by atoms with E-state index < -0.39 is 0 Å². The Morgan fingerprint density at radius 2 is 1.81 bits per heavy atom. The second-order valence-electron chi connectivity index (χ2n) is 6.55. The van der Waals surface area contributed by atoms with E-state index in [1.54, 1.807) is 14.1 Å². The van der Waals surface area contributed by atoms with Gasteiger partial charge in [0.15, 0.2) is 0 Å². The van der Waals surface area contributed by atoms with Crippen LogP contribution in [0.15, 0.2) is 4.99 Å². The van der Waals surface area contributed by atoms with Gasteiger partial charge in [-0.2, -0.15) is 0 Å². The molecule has 0 aromatic heterocycles. The van der Waals surface area contributed by atoms with Crippen LogP contribution in [0.1, 0.15) is 32.6 Å². The maximum absolute atomic E-state index is 12.4. The van der Waals surface area contributed by atoms with Gasteiger partial charge in [-0.25, -0.2) is 4.79 Å². The number of carbonyl (C=O) groups excluding carboxylic acids is 2. The molecule has 21 heavy (non-hydrogen) atoms. The van der Waals surface area contributed by atoms with Gasteiger partial charge in [0, 0.05) is 26.7 Å². The molecular weight excluding hydrogens is 268 g/mol. The fraction of sp³-hybridized carbons (Fsp3) is 0.800. The Hall–Kier alpha value is -1.43. The second kappa shape index (κ2) is 5.40. The van der Waals surface area contributed by atoms with Gasteiger partial charge in [-0.05, 0) is 18.8 Å². The third-order valence-corrected chi connectivity index (χ3v) is 5.22. The van der Waals surface area contributed by atoms with Crippen molar-refractivity contribution in [3.8, 4) is 0 Å². The number of aliphatic imine (C=N–C) groups is 1. The number of hydrogen-bond donors (Lipinski definition) is 0. The smallest absolute Gasteiger partial charge is 0.284 e. The van der Waals surface area contributed by atoms with Gasteiger partial charge in [0.05, 0.1) is 6.67 Å². The van der Waals surface area contributed by atoms with Gasteiger partial charge in [0.2, 0.25) is 5.91 Å². The lowest BCUT2D eigenvalue weighted by molar-refractivity contribution is -0.132. The number of urea groups is 1. The molecule has 3 amide bonds. The topological polar surface area (TPSA) is 56.2 Å². The molecule has 1 saturated heterocycles. The average molecular weight is 292 g/mol. The molecule has 0 aromatic rings. The second-order valence-corrected chi connectivity index (χ2v) is 6.55. The van der Waals surface area contributed by atoms with Crippen molar-refractivity contribution in [3.63, 3.8) is 0 Å². The summed E-state index contributed by atoms with van der Waals surface area (Å²) in [5, 5.41) is 0. The van der Waals surface area contributed by atoms with Gasteiger partial charge in [-0.15, -0.1) is 0 Å². The third-order valence-electron chi connectivity index (χ3n) is 5.22. The minimum Gasteiger partial charge on any atom is -0.284 e. The van der Waals surface area contributed by atoms with Crippen molar-refractivity contribution in [3.05, 3.63) is 0 Å². The summed E-state index contributed by atoms with van der Waals surface area (Å²) in [5.41, 5.74) is 0. The van der Waals surface area contributed by atoms with Crippen LogP contribution in [0.3, 0.4) is 0 Å². The number of amidine groups is 1. The third kappa shape index (κ3) is 2.35. The van der Waals surface area contributed by atoms with Crippen LogP contribution in [0.2, 0.25) is 0 Å². The van der Waals surface area contributed by atoms with Crippen molar-refractivity contribution in [2.45, 2.75) is 38.6 Å². The number of hydrogen-bond acceptors (Lipinski definition) is 4. The fourth-order valence-corrected chi connectivity index (χ4v) is 3.91. The Morgan fingerprint density at radius 3 is 2.52 bits per heavy atom. The first-order valence-corrected chi connectivity index (χ1v) is 7.84. The van der Waals surface area contributed by atoms with E-state index in [9.17, 15) is 9.59 Å². The minimum atomic E-state index is -0.291. The molecule has 116 valence electrons. The van der Waals surface area contributed by atoms with Gasteiger partial charge < -0.3 is 0 Å². The van der Waals surface area contributed by atoms with Crippen LogP contribution in [0, 0.1) is 11.8 Å². The van der Waals surface area contributed by atoms with E-state index in [1.165, 1.54) is 35.5 Å². The van der Waals surface area contributed by atoms with Crippen molar-refractivity contribution in [1.82, 2.24) is 14.7 Å². The summed E-state index contributed by atoms with van der Waals surface area (Å²) in [6.45, 7) is 3.59. The largest absolute Gasteiger partial charge is 0.331 e. The summed E-state index contributed by atoms with van der Waals surface area (Å²) in [4.78, 5) is 34.0. The first kappa shape index (κ1) is 14.5. The number of rotatable bonds is 1. The summed E-state index contributed by atoms with van der Waals surface area (Å²) < 4.78 is 0. The molecule has 6 heteroatoms. The van der Waals surface area contributed by atoms with Gasteiger partial charge in [0.1, 0.15) is 11.8 Å². The number of fused-ring (bicyclic) bond motifs is 1. The molecular formula is C15H24N4O2. The number of amides is 3. The van der Waals surface area contributed by atoms with Gasteiger partial charge in [-0.1, -0.05) is 19.8 Å². The lowest BCUT2D eigenvalue weighted by atomic mass is 9.84. The summed E-state index contributed by atoms with van der Waals surface area (Å²) in [5.74, 6) is 0.889. The van der Waals surface area contributed by atoms with Gasteiger partial charge in [0.25, 0.3) is 0 Å². The lowest BCUT2D eigenvalue weighted by Crippen LogP contribution is -2.62. The summed E-state index contributed by atoms with van der Waals surface area (Å²) in [6.07, 6.45) is 5.02. The number of carbonyl (C=O) groups is 2. The molecule has 2 fully saturated rings. The zero-order chi connectivity index (χ0) is 15.1. The first-order valence-electron chi connectivity index (χ1n) is 7.84. The predicted octanol–water partition coefficient (Wildman–Crippen LogP) is 1.38. The Morgan fingerprint density at radius 1 is 1.10 bits per heavy atom. The van der Waals surface area contributed by atoms with Crippen LogP contribution in [0.25, 0.3) is 0 Å². The SMILES string of the molecule is CC1CCCCC1N1CN=C2C(C1)C(=O)N(C)C(=O)N2C. The fourth-order valence-electron chi connectivity index (χ4n) is 3.91. The Bertz CT molecular complexity index is 490. The quantitative estimate of drug-likeness (QED) is 0.733. The van der Waals surface area contributed by atoms with Crippen LogP contribution < -0.4 is 0 Å². The summed E-state index contributed by atoms with van der Waals surface area (Å²) in [6, 6.07) is 0.236. The van der Waals surface area contributed by atoms with Crippen LogP contribution in [0.4, 0.5) is 4.79 Å². The summed E-state index contributed by atoms with van der Waals surface area (Å²) >= 11 is 0. The van der Waals surface area contributed by atoms with E-state index in [2.05, 4.69) is 16.8 Å². The number of nitrogens with zero attached hydrogens (tertiary/aromatic N) is 4. The molecule has 1 saturated carbocycles. The van der Waals surface area contributed by atoms with E-state index in [0.29, 0.717) is 31.0 Å². The monoisotopic (exact) mass is 292 g/mol. The molecule has 2 aliphatic heterocycles. The average Bonchev–Trinajstić information content (AvgIpc) is 2.51. The molecule has 0 spiro atoms. The van der Waals surface area contributed by atoms with Crippen molar-refractivity contribution >= 4 is 17.8 Å². The molecule has 3 aliphatic rings. The van der Waals surface area contributed by atoms with E-state index in [4.69, 9.17) is 0 Å². The van der Waals surface area contributed by atoms with Crippen LogP contribution in [0.5, 0.6) is 0 Å². The zero-order valence-corrected chi connectivity index (χ0v) is 13.1. The highest BCUT2D eigenvalue weighted by Gasteiger charge is 2.44. The maximum Gasteiger partial charge on any atom is 0.331 e. The molecule has 3 rings (SSSR count). The highest BCUT2D eigenvalue weighted by atomic mass is 16.2. The zero-order valence-electron chi connectivity index (χ0n) is 13.1. The molecule has 6 nitrogen and oxygen atoms in total. The molecule has 3 unspecified atom stereocenters. The summed E-state index contributed by atoms with van der Waals surface area (Å²) in [7, 11) is 3.26. The standard InChI is InChI=1S/C15H24N4O2/c1-10-6-4-5-7-12(10)19-8-11-13(16-9-19)17(2)15(21)18(3)14(11)20/h10-12H,4-9H2,1-3H3. The van der Waals surface area contributed by atoms with E-state index in [1.807, 2.05) is 0 Å². The highest BCUT2D eigenvalue weighted by molar-refractivity contribution is 6.17. The van der Waals surface area contributed by atoms with Crippen LogP contribution >= 0.6 is 0 Å². The van der Waals surface area contributed by atoms with Crippen molar-refractivity contribution in [2.24, 2.45) is 16.8 Å². The highest BCUT2D eigenvalue weighted by Crippen LogP contribution is 2.31. The van der Waals surface area contributed by atoms with E-state index in [-0.39, 0.29) is 17.9 Å². The minimum absolute atomic E-state index is 0.120. The first-order chi connectivity index (χ1) is 10.0. The molecule has 0 aromatic carbocycles. The van der Waals surface area contributed by atoms with Gasteiger partial charge in [-0.3, -0.25) is 24.5 Å². The van der Waals surface area contributed by atoms with E-state index >= 15 is 0 Å². The predicted molar refractivity (Wildman–Crippen MR) is 79.8 cm³/mol. The molecule has 0 radical (unpaired) electrons. The molecule has 0 N–H and O–H groups in total. The van der Waals surface area contributed by atoms with Crippen LogP contribution in [-0.2, 0) is 4.79 Å². The van der Waals surface area contributed by atoms with Crippen LogP contribution in [-0.4, -0.2) is 65.8 Å². The Labute approximate surface area is 125 Å². The Kier molecular flexibility index (Phi) is 3.73. The molecule has 1 aliphatic carbocycles. The Balaban J connectivity index is 1.81. The van der Waals surface area contributed by atoms with E-state index in [0.717, 1.165) is 0 Å². The molecule has 3 atom stereocenters. The maximum atomic E-state index is 12.4. The van der Waals surface area contributed by atoms with Gasteiger partial charge >= 0.3 is 6.03 Å². The van der Waals surface area contributed by atoms with Crippen molar-refractivity contribution < 1.29 is 9.59 Å². The lowest BCUT2D eigenvalue weighted by Gasteiger charge is -2.45. The van der Waals surface area contributed by atoms with Crippen molar-refractivity contribution in [2.75, 3.05) is 27.3 Å². The molecule has 0 bridgehead atoms. The normalized spacial score (nSPS) is 34.8.